The quantitative estimate of drug-likeness (QED) is 0.874. The normalized spacial score (nSPS) is 11.8. The number of carboxylic acids is 1. The third-order valence-corrected chi connectivity index (χ3v) is 2.69. The number of benzene rings is 1. The number of hydrogen-bond acceptors (Lipinski definition) is 2. The maximum atomic E-state index is 12.6. The highest BCUT2D eigenvalue weighted by atomic mass is 19.4. The molecule has 0 unspecified atom stereocenters. The van der Waals surface area contributed by atoms with E-state index in [0.29, 0.717) is 16.8 Å². The van der Waals surface area contributed by atoms with Gasteiger partial charge in [-0.25, -0.2) is 4.79 Å². The Balaban J connectivity index is 2.29. The molecule has 0 fully saturated rings. The van der Waals surface area contributed by atoms with Crippen molar-refractivity contribution in [3.63, 3.8) is 0 Å². The van der Waals surface area contributed by atoms with Crippen molar-refractivity contribution in [2.45, 2.75) is 6.18 Å². The number of halogens is 3. The predicted octanol–water partition coefficient (Wildman–Crippen LogP) is 3.87. The molecule has 0 saturated carbocycles. The number of pyridine rings is 1. The monoisotopic (exact) mass is 293 g/mol. The molecule has 0 aliphatic heterocycles. The van der Waals surface area contributed by atoms with Crippen molar-refractivity contribution in [1.29, 1.82) is 0 Å². The van der Waals surface area contributed by atoms with Crippen molar-refractivity contribution < 1.29 is 23.1 Å². The number of nitrogens with zero attached hydrogens (tertiary/aromatic N) is 1. The molecular formula is C15H10F3NO2. The van der Waals surface area contributed by atoms with Crippen molar-refractivity contribution in [3.05, 3.63) is 59.8 Å². The van der Waals surface area contributed by atoms with Crippen LogP contribution in [0.2, 0.25) is 0 Å². The first-order chi connectivity index (χ1) is 9.86. The average molecular weight is 293 g/mol. The summed E-state index contributed by atoms with van der Waals surface area (Å²) in [4.78, 5) is 14.4. The van der Waals surface area contributed by atoms with Crippen LogP contribution in [0.15, 0.2) is 48.7 Å². The molecule has 1 aromatic carbocycles. The number of rotatable bonds is 3. The highest BCUT2D eigenvalue weighted by Crippen LogP contribution is 2.31. The average Bonchev–Trinajstić information content (AvgIpc) is 2.45. The number of aromatic nitrogens is 1. The Morgan fingerprint density at radius 3 is 2.52 bits per heavy atom. The molecule has 1 aromatic heterocycles. The van der Waals surface area contributed by atoms with Gasteiger partial charge in [-0.3, -0.25) is 4.98 Å². The van der Waals surface area contributed by atoms with Gasteiger partial charge in [0.15, 0.2) is 0 Å². The Bertz CT molecular complexity index is 676. The summed E-state index contributed by atoms with van der Waals surface area (Å²) in [5.74, 6) is -1.09. The molecule has 2 rings (SSSR count). The molecule has 0 saturated heterocycles. The van der Waals surface area contributed by atoms with Crippen LogP contribution in [-0.4, -0.2) is 16.1 Å². The molecule has 0 aliphatic rings. The van der Waals surface area contributed by atoms with Crippen LogP contribution >= 0.6 is 0 Å². The van der Waals surface area contributed by atoms with Crippen molar-refractivity contribution in [2.24, 2.45) is 0 Å². The van der Waals surface area contributed by atoms with Crippen LogP contribution in [0, 0.1) is 0 Å². The molecule has 1 heterocycles. The van der Waals surface area contributed by atoms with Gasteiger partial charge in [0.25, 0.3) is 0 Å². The first kappa shape index (κ1) is 14.8. The van der Waals surface area contributed by atoms with E-state index in [9.17, 15) is 18.0 Å². The molecule has 6 heteroatoms. The minimum Gasteiger partial charge on any atom is -0.478 e. The van der Waals surface area contributed by atoms with Gasteiger partial charge < -0.3 is 5.11 Å². The van der Waals surface area contributed by atoms with Crippen LogP contribution in [0.5, 0.6) is 0 Å². The second-order valence-corrected chi connectivity index (χ2v) is 4.23. The molecule has 3 nitrogen and oxygen atoms in total. The second kappa shape index (κ2) is 5.78. The van der Waals surface area contributed by atoms with Crippen LogP contribution in [0.4, 0.5) is 13.2 Å². The van der Waals surface area contributed by atoms with Gasteiger partial charge in [-0.05, 0) is 29.8 Å². The zero-order valence-corrected chi connectivity index (χ0v) is 10.6. The van der Waals surface area contributed by atoms with E-state index in [0.717, 1.165) is 18.2 Å². The zero-order chi connectivity index (χ0) is 15.5. The molecular weight excluding hydrogens is 283 g/mol. The summed E-state index contributed by atoms with van der Waals surface area (Å²) in [5, 5.41) is 8.50. The van der Waals surface area contributed by atoms with E-state index in [1.807, 2.05) is 0 Å². The van der Waals surface area contributed by atoms with Gasteiger partial charge in [-0.2, -0.15) is 13.2 Å². The summed E-state index contributed by atoms with van der Waals surface area (Å²) < 4.78 is 37.9. The van der Waals surface area contributed by atoms with E-state index in [-0.39, 0.29) is 0 Å². The van der Waals surface area contributed by atoms with Crippen molar-refractivity contribution in [2.75, 3.05) is 0 Å². The fourth-order valence-corrected chi connectivity index (χ4v) is 1.70. The lowest BCUT2D eigenvalue weighted by Gasteiger charge is -2.08. The topological polar surface area (TPSA) is 50.2 Å². The van der Waals surface area contributed by atoms with Crippen molar-refractivity contribution >= 4 is 12.0 Å². The highest BCUT2D eigenvalue weighted by Gasteiger charge is 2.30. The minimum atomic E-state index is -4.40. The number of aliphatic carboxylic acids is 1. The number of alkyl halides is 3. The smallest absolute Gasteiger partial charge is 0.416 e. The van der Waals surface area contributed by atoms with Crippen LogP contribution in [0.1, 0.15) is 11.1 Å². The Labute approximate surface area is 118 Å². The fourth-order valence-electron chi connectivity index (χ4n) is 1.70. The lowest BCUT2D eigenvalue weighted by Crippen LogP contribution is -2.04. The van der Waals surface area contributed by atoms with E-state index in [4.69, 9.17) is 5.11 Å². The Morgan fingerprint density at radius 2 is 1.95 bits per heavy atom. The van der Waals surface area contributed by atoms with E-state index in [1.54, 1.807) is 6.07 Å². The maximum absolute atomic E-state index is 12.6. The van der Waals surface area contributed by atoms with Crippen LogP contribution in [-0.2, 0) is 11.0 Å². The lowest BCUT2D eigenvalue weighted by molar-refractivity contribution is -0.137. The first-order valence-electron chi connectivity index (χ1n) is 5.91. The molecule has 108 valence electrons. The van der Waals surface area contributed by atoms with Crippen LogP contribution < -0.4 is 0 Å². The molecule has 0 aliphatic carbocycles. The maximum Gasteiger partial charge on any atom is 0.416 e. The third-order valence-electron chi connectivity index (χ3n) is 2.69. The number of hydrogen-bond donors (Lipinski definition) is 1. The van der Waals surface area contributed by atoms with Crippen molar-refractivity contribution in [1.82, 2.24) is 4.98 Å². The standard InChI is InChI=1S/C15H10F3NO2/c16-15(17,18)12-3-1-2-11(8-12)13-6-4-10(9-19-13)5-7-14(20)21/h1-9H,(H,20,21). The van der Waals surface area contributed by atoms with Crippen LogP contribution in [0.3, 0.4) is 0 Å². The van der Waals surface area contributed by atoms with Crippen LogP contribution in [0.25, 0.3) is 17.3 Å². The summed E-state index contributed by atoms with van der Waals surface area (Å²) in [6.45, 7) is 0. The zero-order valence-electron chi connectivity index (χ0n) is 10.6. The molecule has 0 amide bonds. The van der Waals surface area contributed by atoms with E-state index < -0.39 is 17.7 Å². The van der Waals surface area contributed by atoms with Gasteiger partial charge in [0.05, 0.1) is 11.3 Å². The molecule has 0 atom stereocenters. The van der Waals surface area contributed by atoms with Gasteiger partial charge in [-0.1, -0.05) is 18.2 Å². The second-order valence-electron chi connectivity index (χ2n) is 4.23. The van der Waals surface area contributed by atoms with Gasteiger partial charge in [0.1, 0.15) is 0 Å². The Morgan fingerprint density at radius 1 is 1.19 bits per heavy atom. The number of carboxylic acid groups (broad SMARTS) is 1. The molecule has 0 radical (unpaired) electrons. The highest BCUT2D eigenvalue weighted by molar-refractivity contribution is 5.85. The Kier molecular flexibility index (Phi) is 4.07. The largest absolute Gasteiger partial charge is 0.478 e. The predicted molar refractivity (Wildman–Crippen MR) is 71.3 cm³/mol. The fraction of sp³-hybridized carbons (Fsp3) is 0.0667. The molecule has 2 aromatic rings. The first-order valence-corrected chi connectivity index (χ1v) is 5.91. The molecule has 0 spiro atoms. The molecule has 1 N–H and O–H groups in total. The van der Waals surface area contributed by atoms with Gasteiger partial charge in [-0.15, -0.1) is 0 Å². The summed E-state index contributed by atoms with van der Waals surface area (Å²) >= 11 is 0. The number of carbonyl (C=O) groups is 1. The summed E-state index contributed by atoms with van der Waals surface area (Å²) in [6, 6.07) is 7.99. The summed E-state index contributed by atoms with van der Waals surface area (Å²) in [6.07, 6.45) is -0.693. The SMILES string of the molecule is O=C(O)C=Cc1ccc(-c2cccc(C(F)(F)F)c2)nc1. The minimum absolute atomic E-state index is 0.346. The van der Waals surface area contributed by atoms with E-state index in [2.05, 4.69) is 4.98 Å². The van der Waals surface area contributed by atoms with Gasteiger partial charge >= 0.3 is 12.1 Å². The van der Waals surface area contributed by atoms with E-state index in [1.165, 1.54) is 30.5 Å². The molecule has 0 bridgehead atoms. The summed E-state index contributed by atoms with van der Waals surface area (Å²) in [5.41, 5.74) is 0.539. The molecule has 21 heavy (non-hydrogen) atoms. The van der Waals surface area contributed by atoms with Gasteiger partial charge in [0, 0.05) is 17.8 Å². The van der Waals surface area contributed by atoms with E-state index >= 15 is 0 Å². The summed E-state index contributed by atoms with van der Waals surface area (Å²) in [7, 11) is 0. The lowest BCUT2D eigenvalue weighted by atomic mass is 10.1. The van der Waals surface area contributed by atoms with Gasteiger partial charge in [0.2, 0.25) is 0 Å². The third kappa shape index (κ3) is 3.92. The Hall–Kier alpha value is -2.63. The van der Waals surface area contributed by atoms with Crippen molar-refractivity contribution in [3.8, 4) is 11.3 Å².